The molecule has 0 radical (unpaired) electrons. The number of carbonyl (C=O) groups is 2. The third-order valence-corrected chi connectivity index (χ3v) is 5.59. The van der Waals surface area contributed by atoms with E-state index in [0.29, 0.717) is 5.92 Å². The van der Waals surface area contributed by atoms with Crippen LogP contribution in [0.1, 0.15) is 30.9 Å². The van der Waals surface area contributed by atoms with E-state index in [2.05, 4.69) is 34.5 Å². The Hall–Kier alpha value is -2.66. The number of carbonyl (C=O) groups excluding carboxylic acids is 2. The lowest BCUT2D eigenvalue weighted by molar-refractivity contribution is -0.145. The van der Waals surface area contributed by atoms with Crippen molar-refractivity contribution in [2.45, 2.75) is 38.8 Å². The van der Waals surface area contributed by atoms with Crippen LogP contribution in [0.4, 0.5) is 0 Å². The fraction of sp³-hybridized carbons (Fsp3) is 0.417. The second-order valence-electron chi connectivity index (χ2n) is 7.71. The molecule has 0 bridgehead atoms. The van der Waals surface area contributed by atoms with Gasteiger partial charge in [0.2, 0.25) is 5.91 Å². The van der Waals surface area contributed by atoms with Gasteiger partial charge in [0.05, 0.1) is 6.04 Å². The highest BCUT2D eigenvalue weighted by atomic mass is 16.5. The van der Waals surface area contributed by atoms with Crippen LogP contribution in [0.15, 0.2) is 60.7 Å². The van der Waals surface area contributed by atoms with Crippen LogP contribution >= 0.6 is 0 Å². The molecule has 0 saturated carbocycles. The molecule has 1 aliphatic heterocycles. The van der Waals surface area contributed by atoms with Crippen molar-refractivity contribution < 1.29 is 14.3 Å². The third-order valence-electron chi connectivity index (χ3n) is 5.59. The molecule has 1 heterocycles. The van der Waals surface area contributed by atoms with Crippen molar-refractivity contribution in [2.24, 2.45) is 5.92 Å². The van der Waals surface area contributed by atoms with Crippen LogP contribution in [0.2, 0.25) is 0 Å². The standard InChI is InChI=1S/C24H30N2O3/c1-19(24(28)25-17-23(27)29-18-22-10-6-3-7-11-22)26-14-12-21(13-15-26)16-20-8-4-2-5-9-20/h2-11,19,21H,12-18H2,1H3,(H,25,28). The molecule has 1 aliphatic rings. The maximum absolute atomic E-state index is 12.4. The van der Waals surface area contributed by atoms with Gasteiger partial charge >= 0.3 is 5.97 Å². The fourth-order valence-electron chi connectivity index (χ4n) is 3.75. The summed E-state index contributed by atoms with van der Waals surface area (Å²) in [6.45, 7) is 3.84. The highest BCUT2D eigenvalue weighted by Crippen LogP contribution is 2.22. The topological polar surface area (TPSA) is 58.6 Å². The van der Waals surface area contributed by atoms with Crippen LogP contribution in [-0.2, 0) is 27.4 Å². The molecule has 5 nitrogen and oxygen atoms in total. The number of rotatable bonds is 8. The van der Waals surface area contributed by atoms with E-state index in [1.807, 2.05) is 43.3 Å². The Labute approximate surface area is 173 Å². The first kappa shape index (κ1) is 21.1. The Kier molecular flexibility index (Phi) is 7.82. The molecular formula is C24H30N2O3. The van der Waals surface area contributed by atoms with Gasteiger partial charge in [0.25, 0.3) is 0 Å². The zero-order valence-corrected chi connectivity index (χ0v) is 17.0. The second-order valence-corrected chi connectivity index (χ2v) is 7.71. The number of nitrogens with one attached hydrogen (secondary N) is 1. The van der Waals surface area contributed by atoms with Gasteiger partial charge < -0.3 is 10.1 Å². The number of likely N-dealkylation sites (tertiary alicyclic amines) is 1. The van der Waals surface area contributed by atoms with Gasteiger partial charge in [-0.15, -0.1) is 0 Å². The van der Waals surface area contributed by atoms with Crippen molar-refractivity contribution in [3.05, 3.63) is 71.8 Å². The van der Waals surface area contributed by atoms with Crippen LogP contribution in [-0.4, -0.2) is 42.5 Å². The lowest BCUT2D eigenvalue weighted by atomic mass is 9.89. The molecule has 1 unspecified atom stereocenters. The Bertz CT molecular complexity index is 771. The zero-order chi connectivity index (χ0) is 20.5. The quantitative estimate of drug-likeness (QED) is 0.699. The number of amides is 1. The molecule has 154 valence electrons. The second kappa shape index (κ2) is 10.8. The molecule has 1 saturated heterocycles. The minimum atomic E-state index is -0.420. The number of hydrogen-bond donors (Lipinski definition) is 1. The van der Waals surface area contributed by atoms with E-state index in [-0.39, 0.29) is 25.1 Å². The number of ether oxygens (including phenoxy) is 1. The van der Waals surface area contributed by atoms with Gasteiger partial charge in [-0.2, -0.15) is 0 Å². The lowest BCUT2D eigenvalue weighted by Crippen LogP contribution is -2.49. The maximum Gasteiger partial charge on any atom is 0.325 e. The van der Waals surface area contributed by atoms with Crippen molar-refractivity contribution in [1.29, 1.82) is 0 Å². The lowest BCUT2D eigenvalue weighted by Gasteiger charge is -2.35. The van der Waals surface area contributed by atoms with Crippen molar-refractivity contribution >= 4 is 11.9 Å². The predicted octanol–water partition coefficient (Wildman–Crippen LogP) is 3.19. The van der Waals surface area contributed by atoms with Crippen LogP contribution in [0, 0.1) is 5.92 Å². The Balaban J connectivity index is 1.35. The number of hydrogen-bond acceptors (Lipinski definition) is 4. The molecule has 5 heteroatoms. The van der Waals surface area contributed by atoms with E-state index >= 15 is 0 Å². The van der Waals surface area contributed by atoms with Crippen molar-refractivity contribution in [1.82, 2.24) is 10.2 Å². The molecular weight excluding hydrogens is 364 g/mol. The first-order chi connectivity index (χ1) is 14.1. The molecule has 0 aromatic heterocycles. The maximum atomic E-state index is 12.4. The fourth-order valence-corrected chi connectivity index (χ4v) is 3.75. The molecule has 3 rings (SSSR count). The molecule has 1 N–H and O–H groups in total. The summed E-state index contributed by atoms with van der Waals surface area (Å²) in [5.74, 6) is 0.121. The molecule has 2 aromatic carbocycles. The normalized spacial score (nSPS) is 16.2. The SMILES string of the molecule is CC(C(=O)NCC(=O)OCc1ccccc1)N1CCC(Cc2ccccc2)CC1. The minimum absolute atomic E-state index is 0.0967. The summed E-state index contributed by atoms with van der Waals surface area (Å²) in [7, 11) is 0. The van der Waals surface area contributed by atoms with E-state index in [4.69, 9.17) is 4.74 Å². The highest BCUT2D eigenvalue weighted by molar-refractivity contribution is 5.85. The zero-order valence-electron chi connectivity index (χ0n) is 17.0. The van der Waals surface area contributed by atoms with Gasteiger partial charge in [-0.05, 0) is 56.3 Å². The van der Waals surface area contributed by atoms with E-state index in [1.165, 1.54) is 5.56 Å². The molecule has 1 fully saturated rings. The van der Waals surface area contributed by atoms with E-state index in [0.717, 1.165) is 37.9 Å². The first-order valence-electron chi connectivity index (χ1n) is 10.4. The summed E-state index contributed by atoms with van der Waals surface area (Å²) in [4.78, 5) is 26.5. The van der Waals surface area contributed by atoms with Gasteiger partial charge in [-0.25, -0.2) is 0 Å². The van der Waals surface area contributed by atoms with Gasteiger partial charge in [-0.3, -0.25) is 14.5 Å². The van der Waals surface area contributed by atoms with E-state index in [9.17, 15) is 9.59 Å². The molecule has 0 spiro atoms. The van der Waals surface area contributed by atoms with E-state index in [1.54, 1.807) is 0 Å². The predicted molar refractivity (Wildman–Crippen MR) is 113 cm³/mol. The third kappa shape index (κ3) is 6.71. The molecule has 29 heavy (non-hydrogen) atoms. The summed E-state index contributed by atoms with van der Waals surface area (Å²) < 4.78 is 5.21. The van der Waals surface area contributed by atoms with E-state index < -0.39 is 5.97 Å². The minimum Gasteiger partial charge on any atom is -0.460 e. The highest BCUT2D eigenvalue weighted by Gasteiger charge is 2.26. The Morgan fingerprint density at radius 3 is 2.21 bits per heavy atom. The number of nitrogens with zero attached hydrogens (tertiary/aromatic N) is 1. The number of piperidine rings is 1. The average molecular weight is 395 g/mol. The van der Waals surface area contributed by atoms with Crippen LogP contribution in [0.5, 0.6) is 0 Å². The summed E-state index contributed by atoms with van der Waals surface area (Å²) in [6, 6.07) is 19.8. The number of esters is 1. The summed E-state index contributed by atoms with van der Waals surface area (Å²) in [5.41, 5.74) is 2.31. The summed E-state index contributed by atoms with van der Waals surface area (Å²) >= 11 is 0. The van der Waals surface area contributed by atoms with Crippen molar-refractivity contribution in [3.63, 3.8) is 0 Å². The molecule has 1 amide bonds. The van der Waals surface area contributed by atoms with Crippen LogP contribution in [0.3, 0.4) is 0 Å². The van der Waals surface area contributed by atoms with Gasteiger partial charge in [-0.1, -0.05) is 60.7 Å². The largest absolute Gasteiger partial charge is 0.460 e. The van der Waals surface area contributed by atoms with Gasteiger partial charge in [0, 0.05) is 0 Å². The van der Waals surface area contributed by atoms with Gasteiger partial charge in [0.1, 0.15) is 13.2 Å². The molecule has 1 atom stereocenters. The number of benzene rings is 2. The van der Waals surface area contributed by atoms with Crippen molar-refractivity contribution in [3.8, 4) is 0 Å². The molecule has 0 aliphatic carbocycles. The van der Waals surface area contributed by atoms with Crippen LogP contribution in [0.25, 0.3) is 0 Å². The van der Waals surface area contributed by atoms with Gasteiger partial charge in [0.15, 0.2) is 0 Å². The monoisotopic (exact) mass is 394 g/mol. The summed E-state index contributed by atoms with van der Waals surface area (Å²) in [5, 5.41) is 2.71. The Morgan fingerprint density at radius 2 is 1.59 bits per heavy atom. The average Bonchev–Trinajstić information content (AvgIpc) is 2.77. The smallest absolute Gasteiger partial charge is 0.325 e. The molecule has 2 aromatic rings. The first-order valence-corrected chi connectivity index (χ1v) is 10.4. The summed E-state index contributed by atoms with van der Waals surface area (Å²) in [6.07, 6.45) is 3.28. The Morgan fingerprint density at radius 1 is 1.00 bits per heavy atom. The van der Waals surface area contributed by atoms with Crippen LogP contribution < -0.4 is 5.32 Å². The van der Waals surface area contributed by atoms with Crippen molar-refractivity contribution in [2.75, 3.05) is 19.6 Å².